The highest BCUT2D eigenvalue weighted by molar-refractivity contribution is 6.08. The first-order valence-electron chi connectivity index (χ1n) is 14.2. The second kappa shape index (κ2) is 9.01. The first kappa shape index (κ1) is 25.5. The standard InChI is InChI=1S/C38H34O3/c1-23-7-17-29-32(21-23)36-31(35-34(29)30-18-8-24(2)22-33(30)37(35,3)4)19-20-38(41-36,25-9-13-27(39-5)14-10-25)26-11-15-28(40-6)16-12-26/h7-22H,1-6H3. The number of hydrogen-bond acceptors (Lipinski definition) is 3. The van der Waals surface area contributed by atoms with Crippen LogP contribution in [0.2, 0.25) is 0 Å². The van der Waals surface area contributed by atoms with E-state index in [0.29, 0.717) is 0 Å². The van der Waals surface area contributed by atoms with Crippen molar-refractivity contribution >= 4 is 16.8 Å². The third-order valence-electron chi connectivity index (χ3n) is 8.98. The molecule has 1 aliphatic heterocycles. The molecule has 5 aromatic carbocycles. The van der Waals surface area contributed by atoms with Crippen molar-refractivity contribution in [1.82, 2.24) is 0 Å². The number of rotatable bonds is 4. The predicted molar refractivity (Wildman–Crippen MR) is 167 cm³/mol. The summed E-state index contributed by atoms with van der Waals surface area (Å²) in [5.41, 5.74) is 10.1. The maximum Gasteiger partial charge on any atom is 0.178 e. The Labute approximate surface area is 242 Å². The third kappa shape index (κ3) is 3.65. The van der Waals surface area contributed by atoms with E-state index in [2.05, 4.69) is 101 Å². The van der Waals surface area contributed by atoms with Gasteiger partial charge in [-0.2, -0.15) is 0 Å². The molecule has 0 unspecified atom stereocenters. The summed E-state index contributed by atoms with van der Waals surface area (Å²) in [6.45, 7) is 9.02. The monoisotopic (exact) mass is 538 g/mol. The van der Waals surface area contributed by atoms with Gasteiger partial charge in [0, 0.05) is 27.5 Å². The van der Waals surface area contributed by atoms with E-state index in [1.807, 2.05) is 24.3 Å². The summed E-state index contributed by atoms with van der Waals surface area (Å²) in [5, 5.41) is 2.37. The van der Waals surface area contributed by atoms with Crippen molar-refractivity contribution in [3.05, 3.63) is 130 Å². The van der Waals surface area contributed by atoms with Gasteiger partial charge >= 0.3 is 0 Å². The molecule has 0 fully saturated rings. The molecule has 0 amide bonds. The Morgan fingerprint density at radius 1 is 0.659 bits per heavy atom. The molecule has 41 heavy (non-hydrogen) atoms. The molecule has 3 nitrogen and oxygen atoms in total. The highest BCUT2D eigenvalue weighted by atomic mass is 16.5. The van der Waals surface area contributed by atoms with E-state index in [9.17, 15) is 0 Å². The van der Waals surface area contributed by atoms with Crippen molar-refractivity contribution in [3.63, 3.8) is 0 Å². The van der Waals surface area contributed by atoms with Gasteiger partial charge in [-0.3, -0.25) is 0 Å². The molecule has 0 bridgehead atoms. The quantitative estimate of drug-likeness (QED) is 0.228. The summed E-state index contributed by atoms with van der Waals surface area (Å²) in [7, 11) is 3.38. The number of hydrogen-bond donors (Lipinski definition) is 0. The highest BCUT2D eigenvalue weighted by Gasteiger charge is 2.44. The fraction of sp³-hybridized carbons (Fsp3) is 0.211. The number of fused-ring (bicyclic) bond motifs is 8. The van der Waals surface area contributed by atoms with Crippen LogP contribution in [0.15, 0.2) is 91.0 Å². The maximum atomic E-state index is 7.38. The fourth-order valence-corrected chi connectivity index (χ4v) is 6.87. The van der Waals surface area contributed by atoms with Gasteiger partial charge in [-0.1, -0.05) is 85.6 Å². The van der Waals surface area contributed by atoms with Gasteiger partial charge in [0.1, 0.15) is 17.2 Å². The number of benzene rings is 5. The molecule has 5 aromatic rings. The van der Waals surface area contributed by atoms with Gasteiger partial charge in [-0.15, -0.1) is 0 Å². The van der Waals surface area contributed by atoms with E-state index in [1.54, 1.807) is 14.2 Å². The molecule has 0 spiro atoms. The fourth-order valence-electron chi connectivity index (χ4n) is 6.87. The van der Waals surface area contributed by atoms with E-state index < -0.39 is 5.60 Å². The Hall–Kier alpha value is -4.50. The van der Waals surface area contributed by atoms with Crippen LogP contribution in [0.25, 0.3) is 28.0 Å². The zero-order valence-corrected chi connectivity index (χ0v) is 24.5. The van der Waals surface area contributed by atoms with Crippen LogP contribution in [0.4, 0.5) is 0 Å². The summed E-state index contributed by atoms with van der Waals surface area (Å²) in [6.07, 6.45) is 4.53. The summed E-state index contributed by atoms with van der Waals surface area (Å²) in [5.74, 6) is 2.55. The molecule has 0 radical (unpaired) electrons. The minimum Gasteiger partial charge on any atom is -0.497 e. The largest absolute Gasteiger partial charge is 0.497 e. The van der Waals surface area contributed by atoms with Gasteiger partial charge in [-0.05, 0) is 77.9 Å². The van der Waals surface area contributed by atoms with E-state index in [0.717, 1.165) is 39.3 Å². The zero-order valence-electron chi connectivity index (χ0n) is 24.5. The molecule has 0 saturated carbocycles. The van der Waals surface area contributed by atoms with Gasteiger partial charge in [0.15, 0.2) is 5.60 Å². The van der Waals surface area contributed by atoms with Crippen LogP contribution in [0, 0.1) is 13.8 Å². The first-order chi connectivity index (χ1) is 19.8. The lowest BCUT2D eigenvalue weighted by molar-refractivity contribution is 0.163. The summed E-state index contributed by atoms with van der Waals surface area (Å²) < 4.78 is 18.4. The molecule has 7 rings (SSSR count). The first-order valence-corrected chi connectivity index (χ1v) is 14.2. The molecule has 2 aliphatic rings. The Morgan fingerprint density at radius 3 is 1.85 bits per heavy atom. The van der Waals surface area contributed by atoms with E-state index in [1.165, 1.54) is 38.8 Å². The van der Waals surface area contributed by atoms with Gasteiger partial charge in [0.25, 0.3) is 0 Å². The Balaban J connectivity index is 1.54. The Bertz CT molecular complexity index is 1810. The topological polar surface area (TPSA) is 27.7 Å². The molecule has 0 aromatic heterocycles. The molecule has 1 heterocycles. The third-order valence-corrected chi connectivity index (χ3v) is 8.98. The van der Waals surface area contributed by atoms with Crippen LogP contribution in [-0.4, -0.2) is 14.2 Å². The molecule has 3 heteroatoms. The van der Waals surface area contributed by atoms with Crippen LogP contribution in [0.5, 0.6) is 17.2 Å². The van der Waals surface area contributed by atoms with Gasteiger partial charge < -0.3 is 14.2 Å². The molecule has 204 valence electrons. The van der Waals surface area contributed by atoms with Gasteiger partial charge in [-0.25, -0.2) is 0 Å². The molecule has 0 N–H and O–H groups in total. The number of aryl methyl sites for hydroxylation is 2. The van der Waals surface area contributed by atoms with Crippen molar-refractivity contribution in [1.29, 1.82) is 0 Å². The van der Waals surface area contributed by atoms with E-state index in [-0.39, 0.29) is 5.41 Å². The predicted octanol–water partition coefficient (Wildman–Crippen LogP) is 9.13. The molecular formula is C38H34O3. The lowest BCUT2D eigenvalue weighted by atomic mass is 9.76. The summed E-state index contributed by atoms with van der Waals surface area (Å²) in [6, 6.07) is 30.1. The van der Waals surface area contributed by atoms with Crippen molar-refractivity contribution in [2.24, 2.45) is 0 Å². The maximum absolute atomic E-state index is 7.38. The van der Waals surface area contributed by atoms with Gasteiger partial charge in [0.2, 0.25) is 0 Å². The average Bonchev–Trinajstić information content (AvgIpc) is 3.23. The van der Waals surface area contributed by atoms with E-state index in [4.69, 9.17) is 14.2 Å². The smallest absolute Gasteiger partial charge is 0.178 e. The van der Waals surface area contributed by atoms with Crippen molar-refractivity contribution in [2.75, 3.05) is 14.2 Å². The number of ether oxygens (including phenoxy) is 3. The van der Waals surface area contributed by atoms with Crippen molar-refractivity contribution in [2.45, 2.75) is 38.7 Å². The van der Waals surface area contributed by atoms with E-state index >= 15 is 0 Å². The van der Waals surface area contributed by atoms with Crippen LogP contribution in [-0.2, 0) is 11.0 Å². The van der Waals surface area contributed by atoms with Crippen LogP contribution >= 0.6 is 0 Å². The highest BCUT2D eigenvalue weighted by Crippen LogP contribution is 2.58. The van der Waals surface area contributed by atoms with Crippen LogP contribution in [0.1, 0.15) is 52.8 Å². The average molecular weight is 539 g/mol. The molecule has 0 atom stereocenters. The summed E-state index contributed by atoms with van der Waals surface area (Å²) in [4.78, 5) is 0. The normalized spacial score (nSPS) is 15.6. The SMILES string of the molecule is COc1ccc(C2(c3ccc(OC)cc3)C=Cc3c4c(c5ccc(C)cc5c3O2)-c2ccc(C)cc2C4(C)C)cc1. The summed E-state index contributed by atoms with van der Waals surface area (Å²) >= 11 is 0. The zero-order chi connectivity index (χ0) is 28.5. The lowest BCUT2D eigenvalue weighted by Crippen LogP contribution is -2.35. The minimum absolute atomic E-state index is 0.173. The van der Waals surface area contributed by atoms with Crippen LogP contribution < -0.4 is 14.2 Å². The minimum atomic E-state index is -0.831. The molecular weight excluding hydrogens is 504 g/mol. The molecule has 1 aliphatic carbocycles. The second-order valence-corrected chi connectivity index (χ2v) is 11.8. The lowest BCUT2D eigenvalue weighted by Gasteiger charge is -2.38. The Morgan fingerprint density at radius 2 is 1.24 bits per heavy atom. The second-order valence-electron chi connectivity index (χ2n) is 11.8. The Kier molecular flexibility index (Phi) is 5.59. The van der Waals surface area contributed by atoms with Crippen molar-refractivity contribution in [3.8, 4) is 28.4 Å². The van der Waals surface area contributed by atoms with Crippen LogP contribution in [0.3, 0.4) is 0 Å². The van der Waals surface area contributed by atoms with Crippen molar-refractivity contribution < 1.29 is 14.2 Å². The van der Waals surface area contributed by atoms with Gasteiger partial charge in [0.05, 0.1) is 14.2 Å². The molecule has 0 saturated heterocycles. The number of methoxy groups -OCH3 is 2.